The predicted molar refractivity (Wildman–Crippen MR) is 161 cm³/mol. The van der Waals surface area contributed by atoms with E-state index in [4.69, 9.17) is 5.11 Å². The lowest BCUT2D eigenvalue weighted by Crippen LogP contribution is -2.23. The van der Waals surface area contributed by atoms with Crippen LogP contribution in [-0.4, -0.2) is 22.8 Å². The fraction of sp³-hybridized carbons (Fsp3) is 0.567. The Labute approximate surface area is 230 Å². The molecule has 0 amide bonds. The van der Waals surface area contributed by atoms with E-state index in [0.29, 0.717) is 6.42 Å². The average molecular weight is 551 g/mol. The van der Waals surface area contributed by atoms with Gasteiger partial charge in [-0.15, -0.1) is 22.7 Å². The minimum absolute atomic E-state index is 0.0258. The molecule has 0 saturated heterocycles. The molecule has 0 atom stereocenters. The summed E-state index contributed by atoms with van der Waals surface area (Å²) >= 11 is 3.21. The number of aliphatic carboxylic acids is 1. The number of carbonyl (C=O) groups is 1. The first-order valence-electron chi connectivity index (χ1n) is 13.4. The van der Waals surface area contributed by atoms with Gasteiger partial charge in [0.2, 0.25) is 0 Å². The lowest BCUT2D eigenvalue weighted by Gasteiger charge is -2.18. The van der Waals surface area contributed by atoms with Crippen LogP contribution in [0.3, 0.4) is 0 Å². The van der Waals surface area contributed by atoms with Crippen LogP contribution in [0.15, 0.2) is 33.9 Å². The molecule has 37 heavy (non-hydrogen) atoms. The Kier molecular flexibility index (Phi) is 18.8. The average Bonchev–Trinajstić information content (AvgIpc) is 2.84. The summed E-state index contributed by atoms with van der Waals surface area (Å²) in [4.78, 5) is 39.3. The summed E-state index contributed by atoms with van der Waals surface area (Å²) in [6.07, 6.45) is 12.5. The fourth-order valence-corrected chi connectivity index (χ4v) is 5.45. The molecule has 0 saturated carbocycles. The maximum absolute atomic E-state index is 12.1. The molecule has 2 aromatic heterocycles. The van der Waals surface area contributed by atoms with Crippen molar-refractivity contribution in [1.82, 2.24) is 0 Å². The van der Waals surface area contributed by atoms with E-state index in [1.54, 1.807) is 67.7 Å². The first-order valence-corrected chi connectivity index (χ1v) is 15.0. The van der Waals surface area contributed by atoms with E-state index in [1.165, 1.54) is 19.3 Å². The van der Waals surface area contributed by atoms with Crippen LogP contribution in [0, 0.1) is 5.41 Å². The quantitative estimate of drug-likeness (QED) is 0.250. The molecule has 0 aliphatic rings. The van der Waals surface area contributed by atoms with Crippen LogP contribution in [-0.2, 0) is 17.6 Å². The lowest BCUT2D eigenvalue weighted by molar-refractivity contribution is -0.147. The van der Waals surface area contributed by atoms with Crippen LogP contribution in [0.1, 0.15) is 106 Å². The van der Waals surface area contributed by atoms with Gasteiger partial charge in [-0.1, -0.05) is 46.5 Å². The van der Waals surface area contributed by atoms with Crippen molar-refractivity contribution in [3.63, 3.8) is 0 Å². The van der Waals surface area contributed by atoms with Crippen molar-refractivity contribution in [3.05, 3.63) is 64.2 Å². The van der Waals surface area contributed by atoms with E-state index in [2.05, 4.69) is 6.92 Å². The van der Waals surface area contributed by atoms with Crippen LogP contribution in [0.2, 0.25) is 0 Å². The summed E-state index contributed by atoms with van der Waals surface area (Å²) in [6.45, 7) is 11.6. The van der Waals surface area contributed by atoms with Crippen LogP contribution >= 0.6 is 22.7 Å². The molecule has 0 bridgehead atoms. The van der Waals surface area contributed by atoms with Gasteiger partial charge in [-0.3, -0.25) is 14.4 Å². The van der Waals surface area contributed by atoms with E-state index in [9.17, 15) is 19.5 Å². The minimum Gasteiger partial charge on any atom is -0.481 e. The van der Waals surface area contributed by atoms with Crippen LogP contribution in [0.4, 0.5) is 0 Å². The fourth-order valence-electron chi connectivity index (χ4n) is 3.38. The molecule has 5 nitrogen and oxygen atoms in total. The highest BCUT2D eigenvalue weighted by atomic mass is 32.1. The zero-order valence-corrected chi connectivity index (χ0v) is 25.1. The zero-order chi connectivity index (χ0) is 28.3. The standard InChI is InChI=1S/C26H34O4S2.C2H6O.C2H6/c1-4-5-6-7-10-21-15-19(27)17-23(31-21)12-13-24-18-20(28)16-22(32-24)11-8-9-14-26(2,3)25(29)30;1-2-3;1-2/h12-13,15-18H,4-11,14H2,1-3H3,(H,29,30);3H,2H2,1H3;1-2H3/b13-12-;;. The third kappa shape index (κ3) is 15.7. The van der Waals surface area contributed by atoms with Crippen LogP contribution in [0.5, 0.6) is 0 Å². The Morgan fingerprint density at radius 3 is 1.65 bits per heavy atom. The molecular weight excluding hydrogens is 504 g/mol. The Bertz CT molecular complexity index is 1050. The lowest BCUT2D eigenvalue weighted by atomic mass is 9.87. The molecule has 0 aromatic carbocycles. The van der Waals surface area contributed by atoms with E-state index in [0.717, 1.165) is 51.6 Å². The number of aryl methyl sites for hydroxylation is 2. The third-order valence-corrected chi connectivity index (χ3v) is 7.56. The highest BCUT2D eigenvalue weighted by Gasteiger charge is 2.25. The summed E-state index contributed by atoms with van der Waals surface area (Å²) in [7, 11) is 0. The topological polar surface area (TPSA) is 91.7 Å². The second-order valence-electron chi connectivity index (χ2n) is 9.18. The summed E-state index contributed by atoms with van der Waals surface area (Å²) in [6, 6.07) is 6.67. The van der Waals surface area contributed by atoms with Crippen molar-refractivity contribution in [2.45, 2.75) is 99.3 Å². The number of aliphatic hydroxyl groups excluding tert-OH is 1. The first-order chi connectivity index (χ1) is 17.6. The molecule has 2 N–H and O–H groups in total. The smallest absolute Gasteiger partial charge is 0.309 e. The number of carboxylic acid groups (broad SMARTS) is 1. The number of unbranched alkanes of at least 4 members (excludes halogenated alkanes) is 4. The van der Waals surface area contributed by atoms with Crippen molar-refractivity contribution in [1.29, 1.82) is 0 Å². The van der Waals surface area contributed by atoms with Gasteiger partial charge in [0.25, 0.3) is 0 Å². The van der Waals surface area contributed by atoms with Gasteiger partial charge in [-0.2, -0.15) is 0 Å². The molecule has 0 radical (unpaired) electrons. The first kappa shape index (κ1) is 34.9. The number of hydrogen-bond donors (Lipinski definition) is 2. The molecule has 0 aliphatic carbocycles. The number of carboxylic acids is 1. The molecule has 0 spiro atoms. The molecule has 2 heterocycles. The maximum Gasteiger partial charge on any atom is 0.309 e. The van der Waals surface area contributed by atoms with E-state index < -0.39 is 11.4 Å². The van der Waals surface area contributed by atoms with Gasteiger partial charge >= 0.3 is 5.97 Å². The van der Waals surface area contributed by atoms with Crippen molar-refractivity contribution in [2.75, 3.05) is 6.61 Å². The third-order valence-electron chi connectivity index (χ3n) is 5.42. The summed E-state index contributed by atoms with van der Waals surface area (Å²) in [5.74, 6) is -0.776. The van der Waals surface area contributed by atoms with Crippen LogP contribution < -0.4 is 10.9 Å². The van der Waals surface area contributed by atoms with E-state index in [-0.39, 0.29) is 17.5 Å². The van der Waals surface area contributed by atoms with Crippen molar-refractivity contribution in [3.8, 4) is 0 Å². The molecule has 7 heteroatoms. The molecule has 2 rings (SSSR count). The molecule has 0 fully saturated rings. The second kappa shape index (κ2) is 19.9. The summed E-state index contributed by atoms with van der Waals surface area (Å²) < 4.78 is 0. The normalized spacial score (nSPS) is 10.9. The van der Waals surface area contributed by atoms with Gasteiger partial charge < -0.3 is 10.2 Å². The largest absolute Gasteiger partial charge is 0.481 e. The Balaban J connectivity index is 0.00000241. The van der Waals surface area contributed by atoms with Gasteiger partial charge in [-0.25, -0.2) is 0 Å². The molecule has 208 valence electrons. The minimum atomic E-state index is -0.776. The van der Waals surface area contributed by atoms with E-state index >= 15 is 0 Å². The van der Waals surface area contributed by atoms with Crippen LogP contribution in [0.25, 0.3) is 12.2 Å². The Morgan fingerprint density at radius 1 is 0.811 bits per heavy atom. The van der Waals surface area contributed by atoms with Crippen molar-refractivity contribution < 1.29 is 15.0 Å². The Morgan fingerprint density at radius 2 is 1.24 bits per heavy atom. The van der Waals surface area contributed by atoms with Crippen molar-refractivity contribution in [2.24, 2.45) is 5.41 Å². The number of rotatable bonds is 13. The Hall–Kier alpha value is -2.09. The van der Waals surface area contributed by atoms with Gasteiger partial charge in [0.1, 0.15) is 0 Å². The molecule has 2 aromatic rings. The van der Waals surface area contributed by atoms with Gasteiger partial charge in [0, 0.05) is 38.2 Å². The van der Waals surface area contributed by atoms with Crippen molar-refractivity contribution >= 4 is 40.8 Å². The predicted octanol–water partition coefficient (Wildman–Crippen LogP) is 7.67. The second-order valence-corrected chi connectivity index (χ2v) is 11.6. The highest BCUT2D eigenvalue weighted by Crippen LogP contribution is 2.25. The maximum atomic E-state index is 12.1. The molecular formula is C30H46O5S2. The molecule has 0 unspecified atom stereocenters. The van der Waals surface area contributed by atoms with Gasteiger partial charge in [0.05, 0.1) is 5.41 Å². The SMILES string of the molecule is CC.CCCCCCc1cc(=O)cc(/C=C\c2cc(=O)cc(CCCCC(C)(C)C(=O)O)s2)s1.CCO. The summed E-state index contributed by atoms with van der Waals surface area (Å²) in [5.41, 5.74) is -0.716. The molecule has 0 aliphatic heterocycles. The zero-order valence-electron chi connectivity index (χ0n) is 23.5. The highest BCUT2D eigenvalue weighted by molar-refractivity contribution is 7.13. The summed E-state index contributed by atoms with van der Waals surface area (Å²) in [5, 5.41) is 16.8. The monoisotopic (exact) mass is 550 g/mol. The van der Waals surface area contributed by atoms with Gasteiger partial charge in [-0.05, 0) is 77.2 Å². The number of hydrogen-bond acceptors (Lipinski definition) is 6. The number of aliphatic hydroxyl groups is 1. The van der Waals surface area contributed by atoms with E-state index in [1.807, 2.05) is 26.0 Å². The van der Waals surface area contributed by atoms with Gasteiger partial charge in [0.15, 0.2) is 10.9 Å².